The first-order valence-corrected chi connectivity index (χ1v) is 7.21. The van der Waals surface area contributed by atoms with Crippen molar-refractivity contribution in [3.8, 4) is 0 Å². The van der Waals surface area contributed by atoms with Crippen molar-refractivity contribution in [3.05, 3.63) is 34.3 Å². The van der Waals surface area contributed by atoms with Crippen LogP contribution >= 0.6 is 15.9 Å². The molecule has 0 aliphatic rings. The van der Waals surface area contributed by atoms with Crippen LogP contribution in [0.2, 0.25) is 0 Å². The molecule has 1 N–H and O–H groups in total. The van der Waals surface area contributed by atoms with Gasteiger partial charge in [-0.15, -0.1) is 0 Å². The highest BCUT2D eigenvalue weighted by Gasteiger charge is 2.05. The van der Waals surface area contributed by atoms with E-state index in [2.05, 4.69) is 43.1 Å². The molecule has 0 radical (unpaired) electrons. The Labute approximate surface area is 121 Å². The Morgan fingerprint density at radius 1 is 1.32 bits per heavy atom. The monoisotopic (exact) mass is 324 g/mol. The fourth-order valence-corrected chi connectivity index (χ4v) is 2.07. The summed E-state index contributed by atoms with van der Waals surface area (Å²) in [4.78, 5) is 13.0. The minimum absolute atomic E-state index is 0.523. The third-order valence-corrected chi connectivity index (χ3v) is 2.99. The summed E-state index contributed by atoms with van der Waals surface area (Å²) >= 11 is 3.39. The molecule has 0 saturated heterocycles. The first-order valence-electron chi connectivity index (χ1n) is 6.42. The van der Waals surface area contributed by atoms with Crippen LogP contribution < -0.4 is 5.32 Å². The first kappa shape index (κ1) is 14.0. The molecule has 19 heavy (non-hydrogen) atoms. The topological polar surface area (TPSA) is 63.8 Å². The Morgan fingerprint density at radius 3 is 2.84 bits per heavy atom. The molecule has 0 fully saturated rings. The van der Waals surface area contributed by atoms with Crippen molar-refractivity contribution in [3.63, 3.8) is 0 Å². The van der Waals surface area contributed by atoms with Crippen molar-refractivity contribution in [2.45, 2.75) is 39.7 Å². The molecule has 5 nitrogen and oxygen atoms in total. The van der Waals surface area contributed by atoms with E-state index in [0.717, 1.165) is 41.3 Å². The largest absolute Gasteiger partial charge is 0.444 e. The zero-order valence-electron chi connectivity index (χ0n) is 11.1. The smallest absolute Gasteiger partial charge is 0.213 e. The number of anilines is 1. The summed E-state index contributed by atoms with van der Waals surface area (Å²) in [6, 6.07) is 1.85. The van der Waals surface area contributed by atoms with Crippen LogP contribution in [0.15, 0.2) is 21.3 Å². The Bertz CT molecular complexity index is 541. The number of rotatable bonds is 6. The molecule has 0 aliphatic heterocycles. The highest BCUT2D eigenvalue weighted by Crippen LogP contribution is 2.14. The second-order valence-electron chi connectivity index (χ2n) is 4.17. The third kappa shape index (κ3) is 4.02. The minimum Gasteiger partial charge on any atom is -0.444 e. The van der Waals surface area contributed by atoms with E-state index in [0.29, 0.717) is 12.4 Å². The van der Waals surface area contributed by atoms with Gasteiger partial charge in [0.1, 0.15) is 22.0 Å². The van der Waals surface area contributed by atoms with Gasteiger partial charge in [0, 0.05) is 18.9 Å². The fraction of sp³-hybridized carbons (Fsp3) is 0.462. The van der Waals surface area contributed by atoms with Crippen LogP contribution in [0.3, 0.4) is 0 Å². The summed E-state index contributed by atoms with van der Waals surface area (Å²) < 4.78 is 6.32. The SMILES string of the molecule is CCCc1nc(Br)cc(NCc2ncc(CC)o2)n1. The van der Waals surface area contributed by atoms with E-state index in [1.54, 1.807) is 6.20 Å². The van der Waals surface area contributed by atoms with Crippen LogP contribution in [0.25, 0.3) is 0 Å². The molecule has 0 amide bonds. The van der Waals surface area contributed by atoms with Crippen molar-refractivity contribution in [2.24, 2.45) is 0 Å². The Morgan fingerprint density at radius 2 is 2.16 bits per heavy atom. The summed E-state index contributed by atoms with van der Waals surface area (Å²) in [5, 5.41) is 3.20. The van der Waals surface area contributed by atoms with Crippen molar-refractivity contribution < 1.29 is 4.42 Å². The molecule has 0 bridgehead atoms. The molecule has 0 spiro atoms. The van der Waals surface area contributed by atoms with Gasteiger partial charge in [-0.2, -0.15) is 0 Å². The lowest BCUT2D eigenvalue weighted by molar-refractivity contribution is 0.465. The minimum atomic E-state index is 0.523. The number of hydrogen-bond donors (Lipinski definition) is 1. The zero-order valence-corrected chi connectivity index (χ0v) is 12.7. The lowest BCUT2D eigenvalue weighted by Gasteiger charge is -2.05. The number of nitrogens with zero attached hydrogens (tertiary/aromatic N) is 3. The summed E-state index contributed by atoms with van der Waals surface area (Å²) in [6.45, 7) is 4.67. The average molecular weight is 325 g/mol. The number of halogens is 1. The van der Waals surface area contributed by atoms with E-state index < -0.39 is 0 Å². The number of hydrogen-bond acceptors (Lipinski definition) is 5. The van der Waals surface area contributed by atoms with Crippen molar-refractivity contribution >= 4 is 21.7 Å². The van der Waals surface area contributed by atoms with Gasteiger partial charge in [-0.3, -0.25) is 0 Å². The number of aryl methyl sites for hydroxylation is 2. The van der Waals surface area contributed by atoms with Gasteiger partial charge in [-0.1, -0.05) is 13.8 Å². The molecule has 2 aromatic heterocycles. The molecule has 0 unspecified atom stereocenters. The molecule has 6 heteroatoms. The number of oxazole rings is 1. The molecule has 2 aromatic rings. The van der Waals surface area contributed by atoms with Gasteiger partial charge in [-0.25, -0.2) is 15.0 Å². The molecule has 0 aromatic carbocycles. The number of aromatic nitrogens is 3. The molecule has 2 rings (SSSR count). The first-order chi connectivity index (χ1) is 9.21. The van der Waals surface area contributed by atoms with Gasteiger partial charge in [0.25, 0.3) is 0 Å². The second kappa shape index (κ2) is 6.65. The average Bonchev–Trinajstić information content (AvgIpc) is 2.84. The van der Waals surface area contributed by atoms with Crippen LogP contribution in [0.5, 0.6) is 0 Å². The van der Waals surface area contributed by atoms with Crippen molar-refractivity contribution in [1.29, 1.82) is 0 Å². The maximum atomic E-state index is 5.53. The maximum absolute atomic E-state index is 5.53. The van der Waals surface area contributed by atoms with Gasteiger partial charge in [0.05, 0.1) is 12.7 Å². The normalized spacial score (nSPS) is 10.7. The van der Waals surface area contributed by atoms with E-state index in [9.17, 15) is 0 Å². The fourth-order valence-electron chi connectivity index (χ4n) is 1.65. The highest BCUT2D eigenvalue weighted by molar-refractivity contribution is 9.10. The summed E-state index contributed by atoms with van der Waals surface area (Å²) in [5.74, 6) is 3.18. The van der Waals surface area contributed by atoms with Crippen LogP contribution in [-0.2, 0) is 19.4 Å². The van der Waals surface area contributed by atoms with E-state index in [4.69, 9.17) is 4.42 Å². The molecular weight excluding hydrogens is 308 g/mol. The summed E-state index contributed by atoms with van der Waals surface area (Å²) in [5.41, 5.74) is 0. The third-order valence-electron chi connectivity index (χ3n) is 2.59. The van der Waals surface area contributed by atoms with Crippen LogP contribution in [0, 0.1) is 0 Å². The van der Waals surface area contributed by atoms with Crippen LogP contribution in [0.1, 0.15) is 37.7 Å². The van der Waals surface area contributed by atoms with E-state index in [-0.39, 0.29) is 0 Å². The van der Waals surface area contributed by atoms with Crippen LogP contribution in [-0.4, -0.2) is 15.0 Å². The van der Waals surface area contributed by atoms with Crippen molar-refractivity contribution in [1.82, 2.24) is 15.0 Å². The predicted molar refractivity (Wildman–Crippen MR) is 76.9 cm³/mol. The lowest BCUT2D eigenvalue weighted by Crippen LogP contribution is -2.05. The maximum Gasteiger partial charge on any atom is 0.213 e. The molecule has 2 heterocycles. The number of nitrogens with one attached hydrogen (secondary N) is 1. The van der Waals surface area contributed by atoms with Gasteiger partial charge < -0.3 is 9.73 Å². The van der Waals surface area contributed by atoms with Gasteiger partial charge in [-0.05, 0) is 22.4 Å². The van der Waals surface area contributed by atoms with Crippen LogP contribution in [0.4, 0.5) is 5.82 Å². The highest BCUT2D eigenvalue weighted by atomic mass is 79.9. The molecule has 102 valence electrons. The zero-order chi connectivity index (χ0) is 13.7. The molecule has 0 saturated carbocycles. The standard InChI is InChI=1S/C13H17BrN4O/c1-3-5-11-17-10(14)6-12(18-11)15-8-13-16-7-9(4-2)19-13/h6-7H,3-5,8H2,1-2H3,(H,15,17,18). The molecular formula is C13H17BrN4O. The van der Waals surface area contributed by atoms with Gasteiger partial charge >= 0.3 is 0 Å². The Balaban J connectivity index is 2.02. The van der Waals surface area contributed by atoms with Gasteiger partial charge in [0.15, 0.2) is 0 Å². The van der Waals surface area contributed by atoms with Crippen molar-refractivity contribution in [2.75, 3.05) is 5.32 Å². The molecule has 0 aliphatic carbocycles. The summed E-state index contributed by atoms with van der Waals surface area (Å²) in [6.07, 6.45) is 4.50. The second-order valence-corrected chi connectivity index (χ2v) is 4.98. The predicted octanol–water partition coefficient (Wildman–Crippen LogP) is 3.35. The Hall–Kier alpha value is -1.43. The Kier molecular flexibility index (Phi) is 4.90. The van der Waals surface area contributed by atoms with E-state index in [1.807, 2.05) is 13.0 Å². The quantitative estimate of drug-likeness (QED) is 0.825. The van der Waals surface area contributed by atoms with Gasteiger partial charge in [0.2, 0.25) is 5.89 Å². The summed E-state index contributed by atoms with van der Waals surface area (Å²) in [7, 11) is 0. The molecule has 0 atom stereocenters. The van der Waals surface area contributed by atoms with E-state index >= 15 is 0 Å². The van der Waals surface area contributed by atoms with E-state index in [1.165, 1.54) is 0 Å². The lowest BCUT2D eigenvalue weighted by atomic mass is 10.3.